The Morgan fingerprint density at radius 2 is 1.38 bits per heavy atom. The van der Waals surface area contributed by atoms with Gasteiger partial charge >= 0.3 is 0 Å². The van der Waals surface area contributed by atoms with Crippen molar-refractivity contribution >= 4 is 46.2 Å². The number of hydrogen-bond acceptors (Lipinski definition) is 5. The van der Waals surface area contributed by atoms with Gasteiger partial charge in [0.1, 0.15) is 5.58 Å². The summed E-state index contributed by atoms with van der Waals surface area (Å²) in [6.07, 6.45) is 5.60. The molecule has 6 nitrogen and oxygen atoms in total. The van der Waals surface area contributed by atoms with Crippen LogP contribution in [0.2, 0.25) is 19.6 Å². The Balaban J connectivity index is 0.000000240. The first-order valence-electron chi connectivity index (χ1n) is 19.7. The molecule has 1 radical (unpaired) electrons. The van der Waals surface area contributed by atoms with Gasteiger partial charge in [-0.05, 0) is 70.1 Å². The van der Waals surface area contributed by atoms with E-state index in [0.29, 0.717) is 0 Å². The van der Waals surface area contributed by atoms with E-state index < -0.39 is 8.07 Å². The number of imidazole rings is 1. The van der Waals surface area contributed by atoms with Crippen LogP contribution in [0, 0.1) is 19.1 Å². The first kappa shape index (κ1) is 40.7. The molecular weight excluding hydrogens is 907 g/mol. The largest absolute Gasteiger partial charge is 0.501 e. The minimum atomic E-state index is -1.27. The average molecular weight is 954 g/mol. The maximum Gasteiger partial charge on any atom is 0.120 e. The fourth-order valence-electron chi connectivity index (χ4n) is 7.75. The summed E-state index contributed by atoms with van der Waals surface area (Å²) in [7, 11) is -1.27. The van der Waals surface area contributed by atoms with E-state index in [4.69, 9.17) is 9.40 Å². The molecule has 4 heterocycles. The van der Waals surface area contributed by atoms with E-state index in [1.807, 2.05) is 48.7 Å². The van der Waals surface area contributed by atoms with Crippen molar-refractivity contribution in [2.75, 3.05) is 0 Å². The second kappa shape index (κ2) is 16.7. The summed E-state index contributed by atoms with van der Waals surface area (Å²) in [5, 5.41) is 12.0. The quantitative estimate of drug-likeness (QED) is 0.118. The summed E-state index contributed by atoms with van der Waals surface area (Å²) in [6, 6.07) is 44.3. The molecule has 9 aromatic rings. The molecule has 0 aliphatic heterocycles. The predicted octanol–water partition coefficient (Wildman–Crippen LogP) is 12.5. The summed E-state index contributed by atoms with van der Waals surface area (Å²) in [4.78, 5) is 9.71. The van der Waals surface area contributed by atoms with Crippen LogP contribution in [0.4, 0.5) is 0 Å². The van der Waals surface area contributed by atoms with Crippen LogP contribution in [0.15, 0.2) is 132 Å². The van der Waals surface area contributed by atoms with Crippen molar-refractivity contribution in [2.24, 2.45) is 0 Å². The first-order chi connectivity index (χ1) is 27.5. The Bertz CT molecular complexity index is 2830. The number of aromatic nitrogens is 5. The van der Waals surface area contributed by atoms with Crippen LogP contribution in [0.1, 0.15) is 56.2 Å². The van der Waals surface area contributed by atoms with E-state index in [1.54, 1.807) is 6.20 Å². The monoisotopic (exact) mass is 954 g/mol. The average Bonchev–Trinajstić information content (AvgIpc) is 3.79. The van der Waals surface area contributed by atoms with Crippen LogP contribution >= 0.6 is 0 Å². The van der Waals surface area contributed by atoms with Crippen LogP contribution in [0.25, 0.3) is 72.4 Å². The van der Waals surface area contributed by atoms with Gasteiger partial charge in [-0.3, -0.25) is 4.98 Å². The number of rotatable bonds is 7. The van der Waals surface area contributed by atoms with E-state index in [1.165, 1.54) is 33.0 Å². The van der Waals surface area contributed by atoms with Gasteiger partial charge in [0.2, 0.25) is 0 Å². The number of para-hydroxylation sites is 1. The van der Waals surface area contributed by atoms with Gasteiger partial charge in [-0.25, -0.2) is 0 Å². The van der Waals surface area contributed by atoms with Crippen LogP contribution in [0.3, 0.4) is 0 Å². The fraction of sp³-hybridized carbons (Fsp3) is 0.200. The van der Waals surface area contributed by atoms with Crippen LogP contribution in [0.5, 0.6) is 0 Å². The van der Waals surface area contributed by atoms with Gasteiger partial charge in [0.15, 0.2) is 0 Å². The van der Waals surface area contributed by atoms with Crippen molar-refractivity contribution in [3.63, 3.8) is 0 Å². The number of furan rings is 1. The zero-order chi connectivity index (χ0) is 39.8. The van der Waals surface area contributed by atoms with Gasteiger partial charge < -0.3 is 14.0 Å². The minimum absolute atomic E-state index is 0. The Morgan fingerprint density at radius 1 is 0.690 bits per heavy atom. The second-order valence-corrected chi connectivity index (χ2v) is 21.4. The molecule has 0 aliphatic rings. The van der Waals surface area contributed by atoms with Gasteiger partial charge in [0.05, 0.1) is 42.9 Å². The van der Waals surface area contributed by atoms with Gasteiger partial charge in [0, 0.05) is 37.4 Å². The zero-order valence-electron chi connectivity index (χ0n) is 34.3. The normalized spacial score (nSPS) is 11.6. The van der Waals surface area contributed by atoms with Crippen molar-refractivity contribution in [3.05, 3.63) is 157 Å². The molecule has 58 heavy (non-hydrogen) atoms. The maximum atomic E-state index is 6.44. The Kier molecular flexibility index (Phi) is 11.7. The van der Waals surface area contributed by atoms with E-state index in [-0.39, 0.29) is 31.9 Å². The van der Waals surface area contributed by atoms with Crippen molar-refractivity contribution in [3.8, 4) is 39.5 Å². The van der Waals surface area contributed by atoms with Crippen molar-refractivity contribution < 1.29 is 24.5 Å². The van der Waals surface area contributed by atoms with Crippen molar-refractivity contribution in [2.45, 2.75) is 66.1 Å². The van der Waals surface area contributed by atoms with Gasteiger partial charge in [-0.15, -0.1) is 54.1 Å². The maximum absolute atomic E-state index is 6.44. The summed E-state index contributed by atoms with van der Waals surface area (Å²) < 4.78 is 8.69. The Labute approximate surface area is 355 Å². The van der Waals surface area contributed by atoms with E-state index >= 15 is 0 Å². The summed E-state index contributed by atoms with van der Waals surface area (Å²) in [6.45, 7) is 18.2. The number of benzene rings is 5. The van der Waals surface area contributed by atoms with Crippen LogP contribution in [-0.4, -0.2) is 32.8 Å². The minimum Gasteiger partial charge on any atom is -0.501 e. The molecule has 0 spiro atoms. The summed E-state index contributed by atoms with van der Waals surface area (Å²) >= 11 is 0. The number of hydrogen-bond donors (Lipinski definition) is 0. The third-order valence-electron chi connectivity index (χ3n) is 10.6. The molecule has 0 amide bonds. The third-order valence-corrected chi connectivity index (χ3v) is 12.7. The number of nitrogens with zero attached hydrogens (tertiary/aromatic N) is 5. The zero-order valence-corrected chi connectivity index (χ0v) is 37.7. The fourth-order valence-corrected chi connectivity index (χ4v) is 9.46. The molecule has 0 saturated carbocycles. The predicted molar refractivity (Wildman–Crippen MR) is 238 cm³/mol. The van der Waals surface area contributed by atoms with E-state index in [2.05, 4.69) is 159 Å². The third kappa shape index (κ3) is 7.84. The molecule has 0 fully saturated rings. The standard InChI is InChI=1S/C35H29N4O.C15H18NSi.Ir/c1-21(2)28-17-24(23-11-6-5-7-12-23)18-29(22(3)4)33(28)39-31-20-37-36-19-30(31)38-35(39)27-15-10-14-26-25-13-8-9-16-32(25)40-34(26)27;1-12-10-14(13-8-6-5-7-9-13)16-11-15(12)17(2,3)4;/h5-14,16-22H,1-4H3;5-8,10-11H,1-4H3;/q2*-1;. The molecular formula is C50H47IrN5OSi-2. The molecule has 0 unspecified atom stereocenters. The van der Waals surface area contributed by atoms with Gasteiger partial charge in [-0.1, -0.05) is 118 Å². The summed E-state index contributed by atoms with van der Waals surface area (Å²) in [5.41, 5.74) is 13.6. The van der Waals surface area contributed by atoms with Crippen LogP contribution in [-0.2, 0) is 20.1 Å². The Morgan fingerprint density at radius 3 is 2.05 bits per heavy atom. The SMILES string of the molecule is CC(C)c1cc(-c2ccccc2)cc(C(C)C)c1-n1c(-c2[c-]ccc3c2oc2ccccc23)nc2cnncc21.Cc1cc(-c2[c-]cccc2)ncc1[Si](C)(C)C.[Ir]. The van der Waals surface area contributed by atoms with Crippen LogP contribution < -0.4 is 5.19 Å². The first-order valence-corrected chi connectivity index (χ1v) is 23.2. The van der Waals surface area contributed by atoms with Gasteiger partial charge in [-0.2, -0.15) is 10.2 Å². The second-order valence-electron chi connectivity index (χ2n) is 16.3. The van der Waals surface area contributed by atoms with E-state index in [0.717, 1.165) is 61.3 Å². The molecule has 0 bridgehead atoms. The Hall–Kier alpha value is -5.53. The van der Waals surface area contributed by atoms with Crippen molar-refractivity contribution in [1.29, 1.82) is 0 Å². The molecule has 293 valence electrons. The molecule has 0 N–H and O–H groups in total. The van der Waals surface area contributed by atoms with E-state index in [9.17, 15) is 0 Å². The molecule has 9 rings (SSSR count). The topological polar surface area (TPSA) is 69.6 Å². The molecule has 8 heteroatoms. The molecule has 0 aliphatic carbocycles. The summed E-state index contributed by atoms with van der Waals surface area (Å²) in [5.74, 6) is 1.30. The smallest absolute Gasteiger partial charge is 0.120 e. The molecule has 4 aromatic heterocycles. The number of aryl methyl sites for hydroxylation is 1. The molecule has 0 atom stereocenters. The van der Waals surface area contributed by atoms with Crippen molar-refractivity contribution in [1.82, 2.24) is 24.7 Å². The number of pyridine rings is 1. The molecule has 5 aromatic carbocycles. The van der Waals surface area contributed by atoms with Gasteiger partial charge in [0.25, 0.3) is 0 Å². The molecule has 0 saturated heterocycles. The number of fused-ring (bicyclic) bond motifs is 4.